The first-order valence-electron chi connectivity index (χ1n) is 6.66. The molecule has 0 fully saturated rings. The van der Waals surface area contributed by atoms with Gasteiger partial charge in [0.05, 0.1) is 18.8 Å². The Kier molecular flexibility index (Phi) is 4.93. The van der Waals surface area contributed by atoms with Gasteiger partial charge in [-0.05, 0) is 36.8 Å². The summed E-state index contributed by atoms with van der Waals surface area (Å²) >= 11 is 0. The third kappa shape index (κ3) is 3.72. The molecule has 0 spiro atoms. The standard InChI is InChI=1S/C16H16F2N2O2/c1-10(11-7-8-12(17)13(18)9-11)19-16(21)20-14-5-3-4-6-15(14)22-2/h3-10H,1-2H3,(H2,19,20,21)/t10-/m0/s1. The maximum absolute atomic E-state index is 13.2. The molecule has 2 rings (SSSR count). The maximum Gasteiger partial charge on any atom is 0.319 e. The first-order chi connectivity index (χ1) is 10.5. The van der Waals surface area contributed by atoms with E-state index in [1.54, 1.807) is 31.2 Å². The highest BCUT2D eigenvalue weighted by Crippen LogP contribution is 2.23. The van der Waals surface area contributed by atoms with Crippen molar-refractivity contribution in [3.8, 4) is 5.75 Å². The molecule has 0 aromatic heterocycles. The first kappa shape index (κ1) is 15.8. The van der Waals surface area contributed by atoms with Crippen LogP contribution in [0.15, 0.2) is 42.5 Å². The highest BCUT2D eigenvalue weighted by Gasteiger charge is 2.13. The Morgan fingerprint density at radius 2 is 1.86 bits per heavy atom. The van der Waals surface area contributed by atoms with Crippen LogP contribution < -0.4 is 15.4 Å². The SMILES string of the molecule is COc1ccccc1NC(=O)N[C@@H](C)c1ccc(F)c(F)c1. The average molecular weight is 306 g/mol. The van der Waals surface area contributed by atoms with Crippen LogP contribution in [0.25, 0.3) is 0 Å². The molecule has 1 atom stereocenters. The lowest BCUT2D eigenvalue weighted by atomic mass is 10.1. The van der Waals surface area contributed by atoms with Crippen molar-refractivity contribution < 1.29 is 18.3 Å². The molecule has 0 bridgehead atoms. The number of anilines is 1. The van der Waals surface area contributed by atoms with Gasteiger partial charge in [0.25, 0.3) is 0 Å². The third-order valence-electron chi connectivity index (χ3n) is 3.15. The van der Waals surface area contributed by atoms with Gasteiger partial charge in [0.2, 0.25) is 0 Å². The van der Waals surface area contributed by atoms with Gasteiger partial charge in [-0.3, -0.25) is 0 Å². The first-order valence-corrected chi connectivity index (χ1v) is 6.66. The molecular weight excluding hydrogens is 290 g/mol. The molecule has 2 aromatic rings. The predicted octanol–water partition coefficient (Wildman–Crippen LogP) is 3.86. The lowest BCUT2D eigenvalue weighted by molar-refractivity contribution is 0.249. The maximum atomic E-state index is 13.2. The number of halogens is 2. The van der Waals surface area contributed by atoms with Gasteiger partial charge in [0, 0.05) is 0 Å². The van der Waals surface area contributed by atoms with Crippen LogP contribution in [0, 0.1) is 11.6 Å². The minimum absolute atomic E-state index is 0.467. The number of hydrogen-bond acceptors (Lipinski definition) is 2. The fraction of sp³-hybridized carbons (Fsp3) is 0.188. The van der Waals surface area contributed by atoms with Crippen LogP contribution in [0.5, 0.6) is 5.75 Å². The van der Waals surface area contributed by atoms with E-state index in [0.29, 0.717) is 17.0 Å². The van der Waals surface area contributed by atoms with Crippen molar-refractivity contribution in [2.24, 2.45) is 0 Å². The number of para-hydroxylation sites is 2. The number of nitrogens with one attached hydrogen (secondary N) is 2. The summed E-state index contributed by atoms with van der Waals surface area (Å²) in [4.78, 5) is 12.0. The predicted molar refractivity (Wildman–Crippen MR) is 79.9 cm³/mol. The molecule has 116 valence electrons. The zero-order chi connectivity index (χ0) is 16.1. The highest BCUT2D eigenvalue weighted by atomic mass is 19.2. The second kappa shape index (κ2) is 6.89. The van der Waals surface area contributed by atoms with Crippen LogP contribution in [0.4, 0.5) is 19.3 Å². The summed E-state index contributed by atoms with van der Waals surface area (Å²) in [5.41, 5.74) is 0.981. The van der Waals surface area contributed by atoms with Crippen molar-refractivity contribution in [2.75, 3.05) is 12.4 Å². The van der Waals surface area contributed by atoms with Crippen molar-refractivity contribution >= 4 is 11.7 Å². The average Bonchev–Trinajstić information content (AvgIpc) is 2.50. The fourth-order valence-electron chi connectivity index (χ4n) is 1.97. The van der Waals surface area contributed by atoms with Crippen LogP contribution in [-0.4, -0.2) is 13.1 Å². The van der Waals surface area contributed by atoms with E-state index in [9.17, 15) is 13.6 Å². The lowest BCUT2D eigenvalue weighted by Crippen LogP contribution is -2.31. The van der Waals surface area contributed by atoms with Crippen LogP contribution >= 0.6 is 0 Å². The Hall–Kier alpha value is -2.63. The Labute approximate surface area is 127 Å². The van der Waals surface area contributed by atoms with E-state index in [0.717, 1.165) is 12.1 Å². The van der Waals surface area contributed by atoms with Crippen molar-refractivity contribution in [3.63, 3.8) is 0 Å². The number of ether oxygens (including phenoxy) is 1. The molecule has 0 aliphatic rings. The number of carbonyl (C=O) groups is 1. The second-order valence-electron chi connectivity index (χ2n) is 4.69. The quantitative estimate of drug-likeness (QED) is 0.901. The Morgan fingerprint density at radius 3 is 2.55 bits per heavy atom. The summed E-state index contributed by atoms with van der Waals surface area (Å²) in [6, 6.07) is 9.51. The van der Waals surface area contributed by atoms with Crippen molar-refractivity contribution in [3.05, 3.63) is 59.7 Å². The van der Waals surface area contributed by atoms with E-state index in [2.05, 4.69) is 10.6 Å². The molecule has 4 nitrogen and oxygen atoms in total. The molecule has 0 saturated carbocycles. The highest BCUT2D eigenvalue weighted by molar-refractivity contribution is 5.91. The van der Waals surface area contributed by atoms with Gasteiger partial charge in [0.1, 0.15) is 5.75 Å². The molecule has 2 N–H and O–H groups in total. The number of methoxy groups -OCH3 is 1. The molecule has 0 radical (unpaired) electrons. The molecular formula is C16H16F2N2O2. The summed E-state index contributed by atoms with van der Waals surface area (Å²) < 4.78 is 31.2. The van der Waals surface area contributed by atoms with Gasteiger partial charge < -0.3 is 15.4 Å². The molecule has 2 aromatic carbocycles. The fourth-order valence-corrected chi connectivity index (χ4v) is 1.97. The lowest BCUT2D eigenvalue weighted by Gasteiger charge is -2.16. The van der Waals surface area contributed by atoms with Crippen LogP contribution in [0.2, 0.25) is 0 Å². The Balaban J connectivity index is 2.03. The minimum Gasteiger partial charge on any atom is -0.495 e. The van der Waals surface area contributed by atoms with Crippen LogP contribution in [0.3, 0.4) is 0 Å². The molecule has 0 aliphatic carbocycles. The van der Waals surface area contributed by atoms with Crippen molar-refractivity contribution in [1.29, 1.82) is 0 Å². The summed E-state index contributed by atoms with van der Waals surface area (Å²) in [5, 5.41) is 5.29. The van der Waals surface area contributed by atoms with E-state index in [1.165, 1.54) is 13.2 Å². The van der Waals surface area contributed by atoms with E-state index >= 15 is 0 Å². The molecule has 0 heterocycles. The summed E-state index contributed by atoms with van der Waals surface area (Å²) in [6.07, 6.45) is 0. The van der Waals surface area contributed by atoms with E-state index in [-0.39, 0.29) is 0 Å². The normalized spacial score (nSPS) is 11.6. The summed E-state index contributed by atoms with van der Waals surface area (Å²) in [7, 11) is 1.50. The Morgan fingerprint density at radius 1 is 1.14 bits per heavy atom. The summed E-state index contributed by atoms with van der Waals surface area (Å²) in [5.74, 6) is -1.34. The van der Waals surface area contributed by atoms with Crippen molar-refractivity contribution in [2.45, 2.75) is 13.0 Å². The molecule has 0 saturated heterocycles. The van der Waals surface area contributed by atoms with Gasteiger partial charge in [-0.25, -0.2) is 13.6 Å². The van der Waals surface area contributed by atoms with Gasteiger partial charge in [-0.2, -0.15) is 0 Å². The monoisotopic (exact) mass is 306 g/mol. The van der Waals surface area contributed by atoms with Gasteiger partial charge in [0.15, 0.2) is 11.6 Å². The number of benzene rings is 2. The third-order valence-corrected chi connectivity index (χ3v) is 3.15. The van der Waals surface area contributed by atoms with Gasteiger partial charge in [-0.15, -0.1) is 0 Å². The van der Waals surface area contributed by atoms with E-state index < -0.39 is 23.7 Å². The molecule has 0 unspecified atom stereocenters. The van der Waals surface area contributed by atoms with E-state index in [1.807, 2.05) is 0 Å². The Bertz CT molecular complexity index is 677. The number of carbonyl (C=O) groups excluding carboxylic acids is 1. The zero-order valence-electron chi connectivity index (χ0n) is 12.2. The number of hydrogen-bond donors (Lipinski definition) is 2. The summed E-state index contributed by atoms with van der Waals surface area (Å²) in [6.45, 7) is 1.68. The smallest absolute Gasteiger partial charge is 0.319 e. The zero-order valence-corrected chi connectivity index (χ0v) is 12.2. The number of rotatable bonds is 4. The van der Waals surface area contributed by atoms with Crippen LogP contribution in [0.1, 0.15) is 18.5 Å². The van der Waals surface area contributed by atoms with E-state index in [4.69, 9.17) is 4.74 Å². The van der Waals surface area contributed by atoms with Crippen LogP contribution in [-0.2, 0) is 0 Å². The molecule has 2 amide bonds. The second-order valence-corrected chi connectivity index (χ2v) is 4.69. The van der Waals surface area contributed by atoms with Gasteiger partial charge >= 0.3 is 6.03 Å². The molecule has 0 aliphatic heterocycles. The van der Waals surface area contributed by atoms with Gasteiger partial charge in [-0.1, -0.05) is 18.2 Å². The molecule has 6 heteroatoms. The topological polar surface area (TPSA) is 50.4 Å². The minimum atomic E-state index is -0.948. The molecule has 22 heavy (non-hydrogen) atoms. The number of urea groups is 1. The number of amides is 2. The largest absolute Gasteiger partial charge is 0.495 e. The van der Waals surface area contributed by atoms with Crippen molar-refractivity contribution in [1.82, 2.24) is 5.32 Å².